The van der Waals surface area contributed by atoms with Gasteiger partial charge < -0.3 is 5.32 Å². The van der Waals surface area contributed by atoms with Gasteiger partial charge in [0.2, 0.25) is 11.1 Å². The molecule has 0 amide bonds. The van der Waals surface area contributed by atoms with E-state index in [1.807, 2.05) is 35.8 Å². The molecule has 0 unspecified atom stereocenters. The lowest BCUT2D eigenvalue weighted by atomic mass is 9.86. The normalized spacial score (nSPS) is 20.3. The third-order valence-corrected chi connectivity index (χ3v) is 5.14. The molecule has 120 valence electrons. The largest absolute Gasteiger partial charge is 0.328 e. The predicted octanol–water partition coefficient (Wildman–Crippen LogP) is 2.06. The highest BCUT2D eigenvalue weighted by molar-refractivity contribution is 7.98. The average Bonchev–Trinajstić information content (AvgIpc) is 3.10. The third-order valence-electron chi connectivity index (χ3n) is 4.60. The molecule has 2 aliphatic rings. The van der Waals surface area contributed by atoms with E-state index in [-0.39, 0.29) is 11.8 Å². The van der Waals surface area contributed by atoms with E-state index >= 15 is 0 Å². The molecule has 0 radical (unpaired) electrons. The second-order valence-corrected chi connectivity index (χ2v) is 6.65. The number of nitrogens with one attached hydrogen (secondary N) is 1. The fourth-order valence-electron chi connectivity index (χ4n) is 3.29. The van der Waals surface area contributed by atoms with E-state index in [1.165, 1.54) is 11.8 Å². The minimum absolute atomic E-state index is 0.193. The summed E-state index contributed by atoms with van der Waals surface area (Å²) in [5.41, 5.74) is 3.85. The van der Waals surface area contributed by atoms with E-state index in [0.29, 0.717) is 17.5 Å². The highest BCUT2D eigenvalue weighted by Crippen LogP contribution is 2.41. The van der Waals surface area contributed by atoms with Gasteiger partial charge in [-0.2, -0.15) is 10.1 Å². The molecule has 2 aromatic heterocycles. The fourth-order valence-corrected chi connectivity index (χ4v) is 3.64. The maximum absolute atomic E-state index is 12.6. The van der Waals surface area contributed by atoms with Gasteiger partial charge in [-0.15, -0.1) is 5.10 Å². The first kappa shape index (κ1) is 14.5. The molecule has 1 aliphatic carbocycles. The SMILES string of the molecule is CSc1nc2n(n1)[C@H](c1cnn(C)c1C)C1=C(CCCC1=O)N2. The highest BCUT2D eigenvalue weighted by Gasteiger charge is 2.38. The van der Waals surface area contributed by atoms with Crippen LogP contribution in [-0.4, -0.2) is 36.6 Å². The molecule has 0 fully saturated rings. The Labute approximate surface area is 138 Å². The van der Waals surface area contributed by atoms with Crippen molar-refractivity contribution in [2.75, 3.05) is 11.6 Å². The quantitative estimate of drug-likeness (QED) is 0.849. The summed E-state index contributed by atoms with van der Waals surface area (Å²) in [6.07, 6.45) is 6.13. The smallest absolute Gasteiger partial charge is 0.227 e. The minimum Gasteiger partial charge on any atom is -0.328 e. The lowest BCUT2D eigenvalue weighted by molar-refractivity contribution is -0.116. The summed E-state index contributed by atoms with van der Waals surface area (Å²) in [5, 5.41) is 13.0. The van der Waals surface area contributed by atoms with Crippen molar-refractivity contribution < 1.29 is 4.79 Å². The van der Waals surface area contributed by atoms with E-state index in [9.17, 15) is 4.79 Å². The van der Waals surface area contributed by atoms with Gasteiger partial charge in [-0.3, -0.25) is 9.48 Å². The molecule has 0 aromatic carbocycles. The van der Waals surface area contributed by atoms with Crippen molar-refractivity contribution in [3.8, 4) is 0 Å². The van der Waals surface area contributed by atoms with Crippen molar-refractivity contribution in [3.05, 3.63) is 28.7 Å². The summed E-state index contributed by atoms with van der Waals surface area (Å²) in [4.78, 5) is 17.2. The second kappa shape index (κ2) is 5.23. The third kappa shape index (κ3) is 2.12. The summed E-state index contributed by atoms with van der Waals surface area (Å²) in [6.45, 7) is 2.02. The van der Waals surface area contributed by atoms with Crippen LogP contribution in [0, 0.1) is 6.92 Å². The van der Waals surface area contributed by atoms with Gasteiger partial charge in [-0.25, -0.2) is 4.68 Å². The first-order valence-electron chi connectivity index (χ1n) is 7.62. The molecule has 0 bridgehead atoms. The van der Waals surface area contributed by atoms with Crippen LogP contribution in [0.4, 0.5) is 5.95 Å². The summed E-state index contributed by atoms with van der Waals surface area (Å²) in [5.74, 6) is 0.898. The van der Waals surface area contributed by atoms with Crippen molar-refractivity contribution in [1.82, 2.24) is 24.5 Å². The summed E-state index contributed by atoms with van der Waals surface area (Å²) in [6, 6.07) is -0.240. The van der Waals surface area contributed by atoms with Crippen molar-refractivity contribution in [2.45, 2.75) is 37.4 Å². The number of aromatic nitrogens is 5. The van der Waals surface area contributed by atoms with Crippen LogP contribution in [-0.2, 0) is 11.8 Å². The first-order valence-corrected chi connectivity index (χ1v) is 8.85. The van der Waals surface area contributed by atoms with Gasteiger partial charge in [-0.05, 0) is 26.0 Å². The Morgan fingerprint density at radius 3 is 2.91 bits per heavy atom. The maximum Gasteiger partial charge on any atom is 0.227 e. The van der Waals surface area contributed by atoms with E-state index < -0.39 is 0 Å². The molecule has 1 atom stereocenters. The Hall–Kier alpha value is -2.09. The monoisotopic (exact) mass is 330 g/mol. The molecule has 0 spiro atoms. The Kier molecular flexibility index (Phi) is 3.29. The molecule has 2 aromatic rings. The summed E-state index contributed by atoms with van der Waals surface area (Å²) in [7, 11) is 1.91. The number of aryl methyl sites for hydroxylation is 1. The number of nitrogens with zero attached hydrogens (tertiary/aromatic N) is 5. The lowest BCUT2D eigenvalue weighted by Crippen LogP contribution is -2.31. The van der Waals surface area contributed by atoms with Crippen LogP contribution in [0.3, 0.4) is 0 Å². The van der Waals surface area contributed by atoms with Gasteiger partial charge in [-0.1, -0.05) is 11.8 Å². The van der Waals surface area contributed by atoms with E-state index in [2.05, 4.69) is 20.5 Å². The molecule has 1 N–H and O–H groups in total. The number of thioether (sulfide) groups is 1. The predicted molar refractivity (Wildman–Crippen MR) is 87.4 cm³/mol. The zero-order valence-electron chi connectivity index (χ0n) is 13.3. The first-order chi connectivity index (χ1) is 11.1. The molecule has 0 saturated heterocycles. The Morgan fingerprint density at radius 2 is 2.22 bits per heavy atom. The highest BCUT2D eigenvalue weighted by atomic mass is 32.2. The molecule has 3 heterocycles. The van der Waals surface area contributed by atoms with Crippen LogP contribution in [0.1, 0.15) is 36.6 Å². The second-order valence-electron chi connectivity index (χ2n) is 5.87. The van der Waals surface area contributed by atoms with Crippen LogP contribution in [0.25, 0.3) is 0 Å². The summed E-state index contributed by atoms with van der Waals surface area (Å²) < 4.78 is 3.66. The molecule has 0 saturated carbocycles. The molecular formula is C15H18N6OS. The fraction of sp³-hybridized carbons (Fsp3) is 0.467. The topological polar surface area (TPSA) is 77.6 Å². The standard InChI is InChI=1S/C15H18N6OS/c1-8-9(7-16-20(8)2)13-12-10(5-4-6-11(12)22)17-14-18-15(23-3)19-21(13)14/h7,13H,4-6H2,1-3H3,(H,17,18,19)/t13-/m1/s1. The number of allylic oxidation sites excluding steroid dienone is 2. The van der Waals surface area contributed by atoms with E-state index in [4.69, 9.17) is 0 Å². The Balaban J connectivity index is 1.94. The number of rotatable bonds is 2. The van der Waals surface area contributed by atoms with Crippen LogP contribution in [0.5, 0.6) is 0 Å². The molecule has 7 nitrogen and oxygen atoms in total. The number of hydrogen-bond acceptors (Lipinski definition) is 6. The number of carbonyl (C=O) groups excluding carboxylic acids is 1. The molecule has 4 rings (SSSR count). The molecular weight excluding hydrogens is 312 g/mol. The van der Waals surface area contributed by atoms with Crippen molar-refractivity contribution in [2.24, 2.45) is 7.05 Å². The number of fused-ring (bicyclic) bond motifs is 1. The lowest BCUT2D eigenvalue weighted by Gasteiger charge is -2.31. The Morgan fingerprint density at radius 1 is 1.39 bits per heavy atom. The molecule has 23 heavy (non-hydrogen) atoms. The van der Waals surface area contributed by atoms with Gasteiger partial charge in [0.05, 0.1) is 6.20 Å². The van der Waals surface area contributed by atoms with Gasteiger partial charge in [0.15, 0.2) is 5.78 Å². The number of carbonyl (C=O) groups is 1. The van der Waals surface area contributed by atoms with Crippen molar-refractivity contribution in [3.63, 3.8) is 0 Å². The number of anilines is 1. The number of hydrogen-bond donors (Lipinski definition) is 1. The van der Waals surface area contributed by atoms with Crippen LogP contribution in [0.2, 0.25) is 0 Å². The van der Waals surface area contributed by atoms with Gasteiger partial charge in [0.1, 0.15) is 6.04 Å². The summed E-state index contributed by atoms with van der Waals surface area (Å²) >= 11 is 1.50. The minimum atomic E-state index is -0.240. The van der Waals surface area contributed by atoms with Gasteiger partial charge in [0, 0.05) is 36.0 Å². The average molecular weight is 330 g/mol. The van der Waals surface area contributed by atoms with E-state index in [1.54, 1.807) is 0 Å². The zero-order valence-corrected chi connectivity index (χ0v) is 14.1. The number of Topliss-reactive ketones (excluding diaryl/α,β-unsaturated/α-hetero) is 1. The van der Waals surface area contributed by atoms with Gasteiger partial charge >= 0.3 is 0 Å². The maximum atomic E-state index is 12.6. The number of ketones is 1. The van der Waals surface area contributed by atoms with Crippen molar-refractivity contribution >= 4 is 23.5 Å². The van der Waals surface area contributed by atoms with Crippen LogP contribution in [0.15, 0.2) is 22.6 Å². The van der Waals surface area contributed by atoms with Crippen molar-refractivity contribution in [1.29, 1.82) is 0 Å². The van der Waals surface area contributed by atoms with Crippen LogP contribution < -0.4 is 5.32 Å². The molecule has 8 heteroatoms. The van der Waals surface area contributed by atoms with Crippen LogP contribution >= 0.6 is 11.8 Å². The van der Waals surface area contributed by atoms with Gasteiger partial charge in [0.25, 0.3) is 0 Å². The molecule has 1 aliphatic heterocycles. The van der Waals surface area contributed by atoms with E-state index in [0.717, 1.165) is 35.4 Å². The zero-order chi connectivity index (χ0) is 16.1. The Bertz CT molecular complexity index is 833.